The van der Waals surface area contributed by atoms with E-state index >= 15 is 0 Å². The first-order valence-electron chi connectivity index (χ1n) is 4.56. The maximum Gasteiger partial charge on any atom is -0.00434 e. The van der Waals surface area contributed by atoms with Crippen molar-refractivity contribution in [2.45, 2.75) is 25.7 Å². The van der Waals surface area contributed by atoms with Crippen molar-refractivity contribution in [3.8, 4) is 0 Å². The van der Waals surface area contributed by atoms with Gasteiger partial charge in [-0.3, -0.25) is 0 Å². The lowest BCUT2D eigenvalue weighted by atomic mass is 9.80. The lowest BCUT2D eigenvalue weighted by molar-refractivity contribution is 0.422. The Morgan fingerprint density at radius 1 is 1.42 bits per heavy atom. The molecule has 0 saturated carbocycles. The van der Waals surface area contributed by atoms with Gasteiger partial charge in [-0.15, -0.1) is 0 Å². The van der Waals surface area contributed by atoms with Crippen LogP contribution in [0.4, 0.5) is 0 Å². The Morgan fingerprint density at radius 2 is 2.08 bits per heavy atom. The Balaban J connectivity index is 2.55. The number of benzene rings is 1. The molecule has 0 amide bonds. The van der Waals surface area contributed by atoms with Crippen molar-refractivity contribution >= 4 is 0 Å². The molecule has 1 aromatic rings. The molecule has 0 bridgehead atoms. The molecule has 0 heterocycles. The van der Waals surface area contributed by atoms with Gasteiger partial charge in [0, 0.05) is 0 Å². The van der Waals surface area contributed by atoms with E-state index in [4.69, 9.17) is 0 Å². The van der Waals surface area contributed by atoms with E-state index in [1.165, 1.54) is 17.5 Å². The highest BCUT2D eigenvalue weighted by Gasteiger charge is 2.35. The van der Waals surface area contributed by atoms with Crippen molar-refractivity contribution in [1.29, 1.82) is 0 Å². The van der Waals surface area contributed by atoms with Crippen LogP contribution >= 0.6 is 0 Å². The minimum Gasteiger partial charge on any atom is -0.0620 e. The lowest BCUT2D eigenvalue weighted by Gasteiger charge is -2.24. The molecule has 0 aromatic heterocycles. The van der Waals surface area contributed by atoms with Crippen LogP contribution in [0.2, 0.25) is 0 Å². The van der Waals surface area contributed by atoms with Crippen LogP contribution in [0, 0.1) is 12.8 Å². The molecule has 1 aliphatic carbocycles. The van der Waals surface area contributed by atoms with Crippen molar-refractivity contribution in [2.75, 3.05) is 0 Å². The molecule has 2 unspecified atom stereocenters. The summed E-state index contributed by atoms with van der Waals surface area (Å²) >= 11 is 0. The Bertz CT molecular complexity index is 297. The van der Waals surface area contributed by atoms with E-state index in [9.17, 15) is 0 Å². The van der Waals surface area contributed by atoms with Gasteiger partial charge in [0.05, 0.1) is 0 Å². The molecule has 1 aliphatic rings. The summed E-state index contributed by atoms with van der Waals surface area (Å²) in [6.45, 7) is 8.82. The molecule has 0 nitrogen and oxygen atoms in total. The molecule has 12 heavy (non-hydrogen) atoms. The second kappa shape index (κ2) is 2.35. The topological polar surface area (TPSA) is 0 Å². The average Bonchev–Trinajstić information content (AvgIpc) is 2.25. The van der Waals surface area contributed by atoms with E-state index < -0.39 is 0 Å². The van der Waals surface area contributed by atoms with Gasteiger partial charge in [0.2, 0.25) is 0 Å². The van der Waals surface area contributed by atoms with Crippen LogP contribution in [-0.4, -0.2) is 0 Å². The summed E-state index contributed by atoms with van der Waals surface area (Å²) in [6, 6.07) is 8.67. The highest BCUT2D eigenvalue weighted by Crippen LogP contribution is 2.41. The van der Waals surface area contributed by atoms with E-state index in [0.717, 1.165) is 0 Å². The van der Waals surface area contributed by atoms with Gasteiger partial charge in [0.15, 0.2) is 0 Å². The van der Waals surface area contributed by atoms with Gasteiger partial charge in [-0.1, -0.05) is 38.1 Å². The molecule has 0 aliphatic heterocycles. The zero-order valence-electron chi connectivity index (χ0n) is 7.80. The first-order chi connectivity index (χ1) is 5.62. The van der Waals surface area contributed by atoms with Gasteiger partial charge >= 0.3 is 0 Å². The molecule has 2 rings (SSSR count). The van der Waals surface area contributed by atoms with Crippen LogP contribution in [0.1, 0.15) is 25.0 Å². The Morgan fingerprint density at radius 3 is 2.75 bits per heavy atom. The maximum absolute atomic E-state index is 4.29. The van der Waals surface area contributed by atoms with Gasteiger partial charge in [0.1, 0.15) is 0 Å². The fraction of sp³-hybridized carbons (Fsp3) is 0.417. The van der Waals surface area contributed by atoms with Crippen LogP contribution in [0.5, 0.6) is 0 Å². The highest BCUT2D eigenvalue weighted by atomic mass is 14.4. The van der Waals surface area contributed by atoms with Crippen LogP contribution in [0.3, 0.4) is 0 Å². The number of rotatable bonds is 0. The van der Waals surface area contributed by atoms with Crippen molar-refractivity contribution in [3.05, 3.63) is 42.3 Å². The van der Waals surface area contributed by atoms with Gasteiger partial charge in [-0.05, 0) is 35.8 Å². The number of fused-ring (bicyclic) bond motifs is 1. The fourth-order valence-corrected chi connectivity index (χ4v) is 2.08. The first-order valence-corrected chi connectivity index (χ1v) is 4.56. The zero-order valence-corrected chi connectivity index (χ0v) is 7.80. The van der Waals surface area contributed by atoms with Gasteiger partial charge in [0.25, 0.3) is 0 Å². The maximum atomic E-state index is 4.29. The molecule has 0 saturated heterocycles. The minimum atomic E-state index is 0.136. The van der Waals surface area contributed by atoms with Gasteiger partial charge in [-0.25, -0.2) is 0 Å². The fourth-order valence-electron chi connectivity index (χ4n) is 2.08. The normalized spacial score (nSPS) is 25.4. The number of hydrogen-bond donors (Lipinski definition) is 0. The predicted molar refractivity (Wildman–Crippen MR) is 52.0 cm³/mol. The summed E-state index contributed by atoms with van der Waals surface area (Å²) in [5, 5.41) is 0. The summed E-state index contributed by atoms with van der Waals surface area (Å²) in [7, 11) is 0. The van der Waals surface area contributed by atoms with Crippen molar-refractivity contribution in [2.24, 2.45) is 5.92 Å². The Kier molecular flexibility index (Phi) is 1.54. The molecular weight excluding hydrogens is 144 g/mol. The lowest BCUT2D eigenvalue weighted by Crippen LogP contribution is -2.21. The Hall–Kier alpha value is -0.780. The molecule has 1 aromatic carbocycles. The third kappa shape index (κ3) is 0.906. The quantitative estimate of drug-likeness (QED) is 0.546. The molecule has 63 valence electrons. The second-order valence-corrected chi connectivity index (χ2v) is 4.18. The monoisotopic (exact) mass is 159 g/mol. The molecular formula is C12H15. The summed E-state index contributed by atoms with van der Waals surface area (Å²) in [4.78, 5) is 0. The van der Waals surface area contributed by atoms with E-state index in [2.05, 4.69) is 45.0 Å². The molecule has 0 N–H and O–H groups in total. The van der Waals surface area contributed by atoms with Gasteiger partial charge in [-0.2, -0.15) is 0 Å². The first kappa shape index (κ1) is 7.85. The van der Waals surface area contributed by atoms with E-state index in [-0.39, 0.29) is 5.41 Å². The predicted octanol–water partition coefficient (Wildman–Crippen LogP) is 2.97. The summed E-state index contributed by atoms with van der Waals surface area (Å²) < 4.78 is 0. The van der Waals surface area contributed by atoms with Crippen LogP contribution in [0.15, 0.2) is 24.3 Å². The molecule has 1 radical (unpaired) electrons. The van der Waals surface area contributed by atoms with Crippen LogP contribution in [0.25, 0.3) is 0 Å². The van der Waals surface area contributed by atoms with Crippen LogP contribution in [-0.2, 0) is 11.8 Å². The smallest absolute Gasteiger partial charge is 0.00434 e. The summed E-state index contributed by atoms with van der Waals surface area (Å²) in [6.07, 6.45) is 1.19. The Labute approximate surface area is 74.6 Å². The largest absolute Gasteiger partial charge is 0.0620 e. The van der Waals surface area contributed by atoms with Gasteiger partial charge < -0.3 is 0 Å². The third-order valence-corrected chi connectivity index (χ3v) is 3.25. The molecule has 2 atom stereocenters. The van der Waals surface area contributed by atoms with Crippen molar-refractivity contribution in [3.63, 3.8) is 0 Å². The highest BCUT2D eigenvalue weighted by molar-refractivity contribution is 5.40. The minimum absolute atomic E-state index is 0.136. The third-order valence-electron chi connectivity index (χ3n) is 3.25. The van der Waals surface area contributed by atoms with E-state index in [1.54, 1.807) is 0 Å². The van der Waals surface area contributed by atoms with E-state index in [1.807, 2.05) is 0 Å². The molecule has 0 fully saturated rings. The number of hydrogen-bond acceptors (Lipinski definition) is 0. The second-order valence-electron chi connectivity index (χ2n) is 4.18. The SMILES string of the molecule is [CH2]C1(C)c2ccccc2CC1C. The zero-order chi connectivity index (χ0) is 8.77. The van der Waals surface area contributed by atoms with E-state index in [0.29, 0.717) is 5.92 Å². The molecule has 0 spiro atoms. The average molecular weight is 159 g/mol. The van der Waals surface area contributed by atoms with Crippen molar-refractivity contribution < 1.29 is 0 Å². The summed E-state index contributed by atoms with van der Waals surface area (Å²) in [5.41, 5.74) is 3.07. The van der Waals surface area contributed by atoms with Crippen molar-refractivity contribution in [1.82, 2.24) is 0 Å². The molecule has 0 heteroatoms. The van der Waals surface area contributed by atoms with Crippen LogP contribution < -0.4 is 0 Å². The standard InChI is InChI=1S/C12H15/c1-9-8-10-6-4-5-7-11(10)12(9,2)3/h4-7,9H,2,8H2,1,3H3. The summed E-state index contributed by atoms with van der Waals surface area (Å²) in [5.74, 6) is 0.676.